The molecule has 120 valence electrons. The third-order valence-electron chi connectivity index (χ3n) is 3.21. The van der Waals surface area contributed by atoms with Gasteiger partial charge >= 0.3 is 6.09 Å². The Morgan fingerprint density at radius 3 is 2.35 bits per heavy atom. The molecule has 2 aromatic rings. The molecule has 0 heterocycles. The molecular weight excluding hydrogens is 320 g/mol. The third-order valence-corrected chi connectivity index (χ3v) is 3.42. The fourth-order valence-electron chi connectivity index (χ4n) is 2.19. The number of nitro benzene ring substituents is 1. The highest BCUT2D eigenvalue weighted by Gasteiger charge is 2.18. The van der Waals surface area contributed by atoms with Crippen molar-refractivity contribution in [3.8, 4) is 5.75 Å². The highest BCUT2D eigenvalue weighted by atomic mass is 35.5. The molecule has 0 fully saturated rings. The molecule has 2 aromatic carbocycles. The van der Waals surface area contributed by atoms with Crippen molar-refractivity contribution in [2.45, 2.75) is 20.8 Å². The van der Waals surface area contributed by atoms with E-state index < -0.39 is 11.0 Å². The second-order valence-corrected chi connectivity index (χ2v) is 5.60. The second-order valence-electron chi connectivity index (χ2n) is 5.16. The Bertz CT molecular complexity index is 767. The largest absolute Gasteiger partial charge is 0.417 e. The highest BCUT2D eigenvalue weighted by Crippen LogP contribution is 2.29. The van der Waals surface area contributed by atoms with Crippen LogP contribution in [0.4, 0.5) is 16.2 Å². The average Bonchev–Trinajstić information content (AvgIpc) is 2.44. The number of aryl methyl sites for hydroxylation is 3. The number of nitrogens with zero attached hydrogens (tertiary/aromatic N) is 1. The van der Waals surface area contributed by atoms with Crippen LogP contribution in [0.2, 0.25) is 5.02 Å². The van der Waals surface area contributed by atoms with Crippen LogP contribution in [0.3, 0.4) is 0 Å². The van der Waals surface area contributed by atoms with Gasteiger partial charge in [-0.25, -0.2) is 4.79 Å². The molecule has 2 rings (SSSR count). The minimum absolute atomic E-state index is 0.0786. The van der Waals surface area contributed by atoms with Gasteiger partial charge in [0, 0.05) is 11.1 Å². The maximum Gasteiger partial charge on any atom is 0.417 e. The molecule has 0 saturated heterocycles. The normalized spacial score (nSPS) is 10.3. The Balaban J connectivity index is 2.23. The van der Waals surface area contributed by atoms with Gasteiger partial charge in [-0.2, -0.15) is 0 Å². The summed E-state index contributed by atoms with van der Waals surface area (Å²) in [5.74, 6) is 0.377. The van der Waals surface area contributed by atoms with Crippen LogP contribution in [0.1, 0.15) is 16.7 Å². The van der Waals surface area contributed by atoms with Crippen LogP contribution in [0.15, 0.2) is 30.3 Å². The Hall–Kier alpha value is -2.60. The summed E-state index contributed by atoms with van der Waals surface area (Å²) in [5.41, 5.74) is 2.01. The smallest absolute Gasteiger partial charge is 0.410 e. The molecule has 23 heavy (non-hydrogen) atoms. The summed E-state index contributed by atoms with van der Waals surface area (Å²) in [5, 5.41) is 14.0. The molecule has 0 bridgehead atoms. The van der Waals surface area contributed by atoms with Crippen LogP contribution in [-0.4, -0.2) is 11.0 Å². The van der Waals surface area contributed by atoms with Crippen LogP contribution in [-0.2, 0) is 0 Å². The standard InChI is InChI=1S/C16H15ClN2O4/c1-9-4-5-13(14(6-9)19(21)22)18-16(20)23-15-10(2)7-12(17)8-11(15)3/h4-8H,1-3H3,(H,18,20). The maximum atomic E-state index is 12.0. The van der Waals surface area contributed by atoms with Gasteiger partial charge in [0.05, 0.1) is 4.92 Å². The molecule has 0 unspecified atom stereocenters. The van der Waals surface area contributed by atoms with Gasteiger partial charge in [0.2, 0.25) is 0 Å². The predicted octanol–water partition coefficient (Wildman–Crippen LogP) is 4.78. The lowest BCUT2D eigenvalue weighted by molar-refractivity contribution is -0.384. The Labute approximate surface area is 138 Å². The number of benzene rings is 2. The van der Waals surface area contributed by atoms with E-state index in [1.807, 2.05) is 0 Å². The summed E-state index contributed by atoms with van der Waals surface area (Å²) in [6, 6.07) is 7.86. The number of carbonyl (C=O) groups excluding carboxylic acids is 1. The molecule has 0 aliphatic heterocycles. The van der Waals surface area contributed by atoms with Crippen LogP contribution in [0.25, 0.3) is 0 Å². The SMILES string of the molecule is Cc1ccc(NC(=O)Oc2c(C)cc(Cl)cc2C)c([N+](=O)[O-])c1. The van der Waals surface area contributed by atoms with Crippen molar-refractivity contribution < 1.29 is 14.5 Å². The zero-order valence-corrected chi connectivity index (χ0v) is 13.6. The number of amides is 1. The van der Waals surface area contributed by atoms with E-state index in [0.717, 1.165) is 5.56 Å². The zero-order chi connectivity index (χ0) is 17.1. The average molecular weight is 335 g/mol. The minimum atomic E-state index is -0.800. The summed E-state index contributed by atoms with van der Waals surface area (Å²) in [7, 11) is 0. The van der Waals surface area contributed by atoms with E-state index in [9.17, 15) is 14.9 Å². The molecule has 0 aliphatic carbocycles. The molecule has 1 amide bonds. The van der Waals surface area contributed by atoms with Crippen molar-refractivity contribution in [3.05, 3.63) is 62.2 Å². The zero-order valence-electron chi connectivity index (χ0n) is 12.8. The molecule has 1 N–H and O–H groups in total. The summed E-state index contributed by atoms with van der Waals surface area (Å²) in [4.78, 5) is 22.5. The van der Waals surface area contributed by atoms with Crippen LogP contribution >= 0.6 is 11.6 Å². The molecule has 7 heteroatoms. The topological polar surface area (TPSA) is 81.5 Å². The van der Waals surface area contributed by atoms with E-state index in [1.54, 1.807) is 39.0 Å². The summed E-state index contributed by atoms with van der Waals surface area (Å²) in [6.07, 6.45) is -0.800. The fraction of sp³-hybridized carbons (Fsp3) is 0.188. The second kappa shape index (κ2) is 6.66. The van der Waals surface area contributed by atoms with E-state index in [4.69, 9.17) is 16.3 Å². The predicted molar refractivity (Wildman–Crippen MR) is 88.4 cm³/mol. The number of anilines is 1. The van der Waals surface area contributed by atoms with Gasteiger partial charge in [-0.05, 0) is 55.7 Å². The van der Waals surface area contributed by atoms with Crippen molar-refractivity contribution in [1.29, 1.82) is 0 Å². The number of hydrogen-bond donors (Lipinski definition) is 1. The number of halogens is 1. The van der Waals surface area contributed by atoms with Crippen LogP contribution in [0, 0.1) is 30.9 Å². The number of hydrogen-bond acceptors (Lipinski definition) is 4. The Morgan fingerprint density at radius 2 is 1.78 bits per heavy atom. The molecule has 0 atom stereocenters. The van der Waals surface area contributed by atoms with Crippen molar-refractivity contribution in [3.63, 3.8) is 0 Å². The summed E-state index contributed by atoms with van der Waals surface area (Å²) < 4.78 is 5.27. The van der Waals surface area contributed by atoms with Crippen LogP contribution < -0.4 is 10.1 Å². The number of rotatable bonds is 3. The van der Waals surface area contributed by atoms with E-state index in [0.29, 0.717) is 21.9 Å². The number of ether oxygens (including phenoxy) is 1. The Kier molecular flexibility index (Phi) is 4.86. The van der Waals surface area contributed by atoms with Gasteiger partial charge in [0.25, 0.3) is 5.69 Å². The fourth-order valence-corrected chi connectivity index (χ4v) is 2.51. The van der Waals surface area contributed by atoms with Crippen molar-refractivity contribution in [2.75, 3.05) is 5.32 Å². The first kappa shape index (κ1) is 16.8. The molecule has 0 radical (unpaired) electrons. The van der Waals surface area contributed by atoms with Gasteiger partial charge < -0.3 is 4.74 Å². The van der Waals surface area contributed by atoms with Gasteiger partial charge in [-0.15, -0.1) is 0 Å². The highest BCUT2D eigenvalue weighted by molar-refractivity contribution is 6.30. The van der Waals surface area contributed by atoms with E-state index >= 15 is 0 Å². The lowest BCUT2D eigenvalue weighted by Crippen LogP contribution is -2.18. The van der Waals surface area contributed by atoms with Gasteiger partial charge in [-0.3, -0.25) is 15.4 Å². The molecular formula is C16H15ClN2O4. The maximum absolute atomic E-state index is 12.0. The molecule has 6 nitrogen and oxygen atoms in total. The molecule has 0 spiro atoms. The van der Waals surface area contributed by atoms with Crippen molar-refractivity contribution >= 4 is 29.1 Å². The van der Waals surface area contributed by atoms with E-state index in [1.165, 1.54) is 12.1 Å². The molecule has 0 saturated carbocycles. The first-order chi connectivity index (χ1) is 10.8. The number of carbonyl (C=O) groups is 1. The first-order valence-electron chi connectivity index (χ1n) is 6.78. The quantitative estimate of drug-likeness (QED) is 0.646. The van der Waals surface area contributed by atoms with Gasteiger partial charge in [-0.1, -0.05) is 17.7 Å². The summed E-state index contributed by atoms with van der Waals surface area (Å²) >= 11 is 5.93. The van der Waals surface area contributed by atoms with Crippen LogP contribution in [0.5, 0.6) is 5.75 Å². The molecule has 0 aliphatic rings. The van der Waals surface area contributed by atoms with Gasteiger partial charge in [0.1, 0.15) is 11.4 Å². The minimum Gasteiger partial charge on any atom is -0.410 e. The lowest BCUT2D eigenvalue weighted by Gasteiger charge is -2.12. The first-order valence-corrected chi connectivity index (χ1v) is 7.16. The lowest BCUT2D eigenvalue weighted by atomic mass is 10.1. The summed E-state index contributed by atoms with van der Waals surface area (Å²) in [6.45, 7) is 5.25. The van der Waals surface area contributed by atoms with Crippen molar-refractivity contribution in [2.24, 2.45) is 0 Å². The monoisotopic (exact) mass is 334 g/mol. The van der Waals surface area contributed by atoms with E-state index in [-0.39, 0.29) is 11.4 Å². The van der Waals surface area contributed by atoms with E-state index in [2.05, 4.69) is 5.32 Å². The van der Waals surface area contributed by atoms with Crippen molar-refractivity contribution in [1.82, 2.24) is 0 Å². The number of nitro groups is 1. The third kappa shape index (κ3) is 3.98. The number of nitrogens with one attached hydrogen (secondary N) is 1. The Morgan fingerprint density at radius 1 is 1.17 bits per heavy atom. The van der Waals surface area contributed by atoms with Gasteiger partial charge in [0.15, 0.2) is 0 Å². The molecule has 0 aromatic heterocycles.